The minimum absolute atomic E-state index is 0.0328. The monoisotopic (exact) mass is 329 g/mol. The van der Waals surface area contributed by atoms with Gasteiger partial charge in [0.15, 0.2) is 0 Å². The van der Waals surface area contributed by atoms with Crippen molar-refractivity contribution in [2.45, 2.75) is 19.9 Å². The van der Waals surface area contributed by atoms with Crippen molar-refractivity contribution < 1.29 is 14.0 Å². The summed E-state index contributed by atoms with van der Waals surface area (Å²) in [7, 11) is 0. The zero-order valence-electron chi connectivity index (χ0n) is 13.5. The number of hydrogen-bond donors (Lipinski definition) is 1. The second kappa shape index (κ2) is 8.76. The Balaban J connectivity index is 1.82. The van der Waals surface area contributed by atoms with E-state index >= 15 is 0 Å². The fourth-order valence-electron chi connectivity index (χ4n) is 2.25. The molecule has 0 fully saturated rings. The summed E-state index contributed by atoms with van der Waals surface area (Å²) in [6, 6.07) is 10.1. The van der Waals surface area contributed by atoms with Gasteiger partial charge in [0.05, 0.1) is 6.54 Å². The van der Waals surface area contributed by atoms with E-state index in [0.717, 1.165) is 5.56 Å². The predicted molar refractivity (Wildman–Crippen MR) is 88.4 cm³/mol. The highest BCUT2D eigenvalue weighted by Gasteiger charge is 2.14. The minimum Gasteiger partial charge on any atom is -0.354 e. The standard InChI is InChI=1S/C18H20FN3O2/c1-14(23)22(12-15-6-9-20-10-7-15)13-18(24)21-11-8-16-4-2-3-5-17(16)19/h2-7,9-10H,8,11-13H2,1H3,(H,21,24). The number of carbonyl (C=O) groups is 2. The van der Waals surface area contributed by atoms with Gasteiger partial charge in [-0.3, -0.25) is 14.6 Å². The number of nitrogens with one attached hydrogen (secondary N) is 1. The SMILES string of the molecule is CC(=O)N(CC(=O)NCCc1ccccc1F)Cc1ccncc1. The molecule has 5 nitrogen and oxygen atoms in total. The van der Waals surface area contributed by atoms with Crippen molar-refractivity contribution in [3.63, 3.8) is 0 Å². The van der Waals surface area contributed by atoms with Crippen molar-refractivity contribution in [3.05, 3.63) is 65.7 Å². The Bertz CT molecular complexity index is 692. The normalized spacial score (nSPS) is 10.2. The first kappa shape index (κ1) is 17.6. The van der Waals surface area contributed by atoms with Gasteiger partial charge in [-0.25, -0.2) is 4.39 Å². The summed E-state index contributed by atoms with van der Waals surface area (Å²) in [4.78, 5) is 29.1. The Morgan fingerprint density at radius 1 is 1.17 bits per heavy atom. The second-order valence-corrected chi connectivity index (χ2v) is 5.42. The molecule has 0 aliphatic rings. The molecule has 1 heterocycles. The lowest BCUT2D eigenvalue weighted by Crippen LogP contribution is -2.40. The fraction of sp³-hybridized carbons (Fsp3) is 0.278. The van der Waals surface area contributed by atoms with E-state index in [9.17, 15) is 14.0 Å². The third kappa shape index (κ3) is 5.46. The van der Waals surface area contributed by atoms with Crippen molar-refractivity contribution in [2.24, 2.45) is 0 Å². The van der Waals surface area contributed by atoms with Gasteiger partial charge in [0.1, 0.15) is 5.82 Å². The highest BCUT2D eigenvalue weighted by atomic mass is 19.1. The topological polar surface area (TPSA) is 62.3 Å². The molecule has 126 valence electrons. The number of amides is 2. The Kier molecular flexibility index (Phi) is 6.42. The van der Waals surface area contributed by atoms with E-state index in [-0.39, 0.29) is 24.2 Å². The Morgan fingerprint density at radius 2 is 1.88 bits per heavy atom. The van der Waals surface area contributed by atoms with Crippen LogP contribution < -0.4 is 5.32 Å². The van der Waals surface area contributed by atoms with Gasteiger partial charge in [-0.2, -0.15) is 0 Å². The molecule has 0 aliphatic heterocycles. The fourth-order valence-corrected chi connectivity index (χ4v) is 2.25. The van der Waals surface area contributed by atoms with Gasteiger partial charge in [-0.1, -0.05) is 18.2 Å². The number of halogens is 1. The van der Waals surface area contributed by atoms with E-state index in [1.54, 1.807) is 42.7 Å². The van der Waals surface area contributed by atoms with E-state index in [1.807, 2.05) is 0 Å². The third-order valence-electron chi connectivity index (χ3n) is 3.58. The van der Waals surface area contributed by atoms with Crippen molar-refractivity contribution in [1.29, 1.82) is 0 Å². The Labute approximate surface area is 140 Å². The Morgan fingerprint density at radius 3 is 2.54 bits per heavy atom. The summed E-state index contributed by atoms with van der Waals surface area (Å²) in [5.41, 5.74) is 1.46. The third-order valence-corrected chi connectivity index (χ3v) is 3.58. The van der Waals surface area contributed by atoms with Crippen LogP contribution >= 0.6 is 0 Å². The molecule has 2 amide bonds. The minimum atomic E-state index is -0.283. The van der Waals surface area contributed by atoms with Crippen LogP contribution in [0.3, 0.4) is 0 Å². The average molecular weight is 329 g/mol. The smallest absolute Gasteiger partial charge is 0.239 e. The molecule has 2 aromatic rings. The van der Waals surface area contributed by atoms with E-state index in [0.29, 0.717) is 25.1 Å². The summed E-state index contributed by atoms with van der Waals surface area (Å²) in [6.07, 6.45) is 3.69. The molecule has 24 heavy (non-hydrogen) atoms. The summed E-state index contributed by atoms with van der Waals surface area (Å²) < 4.78 is 13.5. The molecule has 0 aliphatic carbocycles. The van der Waals surface area contributed by atoms with Crippen LogP contribution in [0.2, 0.25) is 0 Å². The molecule has 0 radical (unpaired) electrons. The number of pyridine rings is 1. The first-order valence-corrected chi connectivity index (χ1v) is 7.71. The summed E-state index contributed by atoms with van der Waals surface area (Å²) >= 11 is 0. The van der Waals surface area contributed by atoms with Gasteiger partial charge in [0.2, 0.25) is 11.8 Å². The summed E-state index contributed by atoms with van der Waals surface area (Å²) in [5.74, 6) is -0.735. The van der Waals surface area contributed by atoms with Crippen molar-refractivity contribution >= 4 is 11.8 Å². The largest absolute Gasteiger partial charge is 0.354 e. The number of hydrogen-bond acceptors (Lipinski definition) is 3. The highest BCUT2D eigenvalue weighted by molar-refractivity contribution is 5.83. The van der Waals surface area contributed by atoms with E-state index in [2.05, 4.69) is 10.3 Å². The lowest BCUT2D eigenvalue weighted by Gasteiger charge is -2.20. The molecule has 2 rings (SSSR count). The van der Waals surface area contributed by atoms with Crippen LogP contribution in [0.25, 0.3) is 0 Å². The molecular weight excluding hydrogens is 309 g/mol. The van der Waals surface area contributed by atoms with Crippen LogP contribution in [0, 0.1) is 5.82 Å². The molecule has 6 heteroatoms. The molecular formula is C18H20FN3O2. The van der Waals surface area contributed by atoms with Crippen molar-refractivity contribution in [3.8, 4) is 0 Å². The molecule has 0 bridgehead atoms. The maximum atomic E-state index is 13.5. The molecule has 0 unspecified atom stereocenters. The van der Waals surface area contributed by atoms with E-state index in [4.69, 9.17) is 0 Å². The first-order chi connectivity index (χ1) is 11.6. The quantitative estimate of drug-likeness (QED) is 0.844. The Hall–Kier alpha value is -2.76. The molecule has 1 aromatic heterocycles. The maximum Gasteiger partial charge on any atom is 0.239 e. The summed E-state index contributed by atoms with van der Waals surface area (Å²) in [5, 5.41) is 2.72. The molecule has 0 saturated heterocycles. The number of nitrogens with zero attached hydrogens (tertiary/aromatic N) is 2. The van der Waals surface area contributed by atoms with Crippen LogP contribution in [0.5, 0.6) is 0 Å². The van der Waals surface area contributed by atoms with Crippen LogP contribution in [-0.2, 0) is 22.6 Å². The average Bonchev–Trinajstić information content (AvgIpc) is 2.57. The van der Waals surface area contributed by atoms with E-state index in [1.165, 1.54) is 17.9 Å². The van der Waals surface area contributed by atoms with Crippen LogP contribution in [-0.4, -0.2) is 34.8 Å². The van der Waals surface area contributed by atoms with Gasteiger partial charge < -0.3 is 10.2 Å². The van der Waals surface area contributed by atoms with Gasteiger partial charge in [-0.05, 0) is 35.7 Å². The zero-order chi connectivity index (χ0) is 17.4. The second-order valence-electron chi connectivity index (χ2n) is 5.42. The first-order valence-electron chi connectivity index (χ1n) is 7.71. The van der Waals surface area contributed by atoms with Crippen LogP contribution in [0.4, 0.5) is 4.39 Å². The molecule has 1 N–H and O–H groups in total. The molecule has 1 aromatic carbocycles. The van der Waals surface area contributed by atoms with Gasteiger partial charge in [-0.15, -0.1) is 0 Å². The van der Waals surface area contributed by atoms with Gasteiger partial charge in [0.25, 0.3) is 0 Å². The molecule has 0 saturated carbocycles. The lowest BCUT2D eigenvalue weighted by molar-refractivity contribution is -0.134. The van der Waals surface area contributed by atoms with Crippen LogP contribution in [0.15, 0.2) is 48.8 Å². The van der Waals surface area contributed by atoms with Crippen LogP contribution in [0.1, 0.15) is 18.1 Å². The van der Waals surface area contributed by atoms with Crippen molar-refractivity contribution in [1.82, 2.24) is 15.2 Å². The van der Waals surface area contributed by atoms with Crippen molar-refractivity contribution in [2.75, 3.05) is 13.1 Å². The molecule has 0 spiro atoms. The summed E-state index contributed by atoms with van der Waals surface area (Å²) in [6.45, 7) is 2.06. The number of aromatic nitrogens is 1. The maximum absolute atomic E-state index is 13.5. The number of carbonyl (C=O) groups excluding carboxylic acids is 2. The lowest BCUT2D eigenvalue weighted by atomic mass is 10.1. The molecule has 0 atom stereocenters. The number of rotatable bonds is 7. The zero-order valence-corrected chi connectivity index (χ0v) is 13.5. The van der Waals surface area contributed by atoms with E-state index < -0.39 is 0 Å². The van der Waals surface area contributed by atoms with Gasteiger partial charge in [0, 0.05) is 32.4 Å². The number of benzene rings is 1. The highest BCUT2D eigenvalue weighted by Crippen LogP contribution is 2.06. The van der Waals surface area contributed by atoms with Gasteiger partial charge >= 0.3 is 0 Å². The predicted octanol–water partition coefficient (Wildman–Crippen LogP) is 1.93.